The maximum Gasteiger partial charge on any atom is 0.119 e. The Labute approximate surface area is 97.4 Å². The molecule has 0 saturated carbocycles. The molecule has 0 aliphatic heterocycles. The minimum atomic E-state index is 0.233. The summed E-state index contributed by atoms with van der Waals surface area (Å²) in [6.07, 6.45) is 10.3. The maximum absolute atomic E-state index is 5.84. The number of allylic oxidation sites excluding steroid dienone is 3. The van der Waals surface area contributed by atoms with Crippen molar-refractivity contribution in [2.75, 3.05) is 0 Å². The van der Waals surface area contributed by atoms with E-state index in [1.165, 1.54) is 18.4 Å². The van der Waals surface area contributed by atoms with Gasteiger partial charge in [0, 0.05) is 6.42 Å². The van der Waals surface area contributed by atoms with E-state index in [2.05, 4.69) is 25.2 Å². The summed E-state index contributed by atoms with van der Waals surface area (Å²) in [5, 5.41) is 0. The molecule has 0 saturated heterocycles. The molecule has 1 heteroatoms. The summed E-state index contributed by atoms with van der Waals surface area (Å²) in [5.41, 5.74) is 1.40. The van der Waals surface area contributed by atoms with Crippen molar-refractivity contribution in [2.45, 2.75) is 32.3 Å². The van der Waals surface area contributed by atoms with Gasteiger partial charge in [0.05, 0.1) is 6.10 Å². The van der Waals surface area contributed by atoms with Crippen LogP contribution < -0.4 is 4.74 Å². The molecule has 0 spiro atoms. The minimum absolute atomic E-state index is 0.233. The molecular weight excluding hydrogens is 196 g/mol. The third-order valence-electron chi connectivity index (χ3n) is 2.68. The van der Waals surface area contributed by atoms with Crippen LogP contribution in [0.2, 0.25) is 0 Å². The van der Waals surface area contributed by atoms with Gasteiger partial charge in [-0.2, -0.15) is 0 Å². The van der Waals surface area contributed by atoms with Crippen LogP contribution in [-0.2, 0) is 0 Å². The van der Waals surface area contributed by atoms with Gasteiger partial charge in [-0.25, -0.2) is 0 Å². The normalized spacial score (nSPS) is 16.7. The van der Waals surface area contributed by atoms with Gasteiger partial charge in [-0.05, 0) is 37.5 Å². The molecule has 1 aromatic rings. The Kier molecular flexibility index (Phi) is 3.81. The first-order chi connectivity index (χ1) is 7.84. The fourth-order valence-corrected chi connectivity index (χ4v) is 1.92. The largest absolute Gasteiger partial charge is 0.490 e. The van der Waals surface area contributed by atoms with Gasteiger partial charge >= 0.3 is 0 Å². The Bertz CT molecular complexity index is 376. The standard InChI is InChI=1S/C15H18O/c1-13(12-14-8-4-2-5-9-14)16-15-10-6-3-7-11-15/h3-4,6-11,13H,2,5,12H2,1H3. The lowest BCUT2D eigenvalue weighted by atomic mass is 10.0. The lowest BCUT2D eigenvalue weighted by molar-refractivity contribution is 0.223. The number of hydrogen-bond acceptors (Lipinski definition) is 1. The molecule has 0 fully saturated rings. The molecule has 0 heterocycles. The number of hydrogen-bond donors (Lipinski definition) is 0. The summed E-state index contributed by atoms with van der Waals surface area (Å²) in [6, 6.07) is 10.0. The highest BCUT2D eigenvalue weighted by Crippen LogP contribution is 2.18. The summed E-state index contributed by atoms with van der Waals surface area (Å²) in [4.78, 5) is 0. The van der Waals surface area contributed by atoms with Crippen molar-refractivity contribution >= 4 is 0 Å². The minimum Gasteiger partial charge on any atom is -0.490 e. The van der Waals surface area contributed by atoms with E-state index < -0.39 is 0 Å². The third-order valence-corrected chi connectivity index (χ3v) is 2.68. The highest BCUT2D eigenvalue weighted by Gasteiger charge is 2.06. The van der Waals surface area contributed by atoms with Crippen LogP contribution in [-0.4, -0.2) is 6.10 Å². The monoisotopic (exact) mass is 214 g/mol. The SMILES string of the molecule is CC(CC1=CCCC=C1)Oc1ccccc1. The second-order valence-electron chi connectivity index (χ2n) is 4.20. The first kappa shape index (κ1) is 11.0. The van der Waals surface area contributed by atoms with Crippen molar-refractivity contribution in [1.82, 2.24) is 0 Å². The van der Waals surface area contributed by atoms with E-state index in [9.17, 15) is 0 Å². The van der Waals surface area contributed by atoms with Gasteiger partial charge in [-0.3, -0.25) is 0 Å². The van der Waals surface area contributed by atoms with Crippen LogP contribution in [0.15, 0.2) is 54.1 Å². The summed E-state index contributed by atoms with van der Waals surface area (Å²) in [7, 11) is 0. The molecule has 1 atom stereocenters. The summed E-state index contributed by atoms with van der Waals surface area (Å²) in [6.45, 7) is 2.12. The van der Waals surface area contributed by atoms with Crippen LogP contribution in [0, 0.1) is 0 Å². The molecule has 1 aromatic carbocycles. The Hall–Kier alpha value is -1.50. The van der Waals surface area contributed by atoms with Crippen LogP contribution in [0.1, 0.15) is 26.2 Å². The molecule has 0 amide bonds. The number of benzene rings is 1. The average Bonchev–Trinajstić information content (AvgIpc) is 2.31. The molecule has 1 nitrogen and oxygen atoms in total. The second-order valence-corrected chi connectivity index (χ2v) is 4.20. The predicted molar refractivity (Wildman–Crippen MR) is 67.6 cm³/mol. The van der Waals surface area contributed by atoms with E-state index in [1.807, 2.05) is 30.3 Å². The van der Waals surface area contributed by atoms with Gasteiger partial charge < -0.3 is 4.74 Å². The van der Waals surface area contributed by atoms with E-state index in [0.29, 0.717) is 0 Å². The zero-order valence-electron chi connectivity index (χ0n) is 9.73. The first-order valence-electron chi connectivity index (χ1n) is 5.92. The van der Waals surface area contributed by atoms with Crippen molar-refractivity contribution in [3.8, 4) is 5.75 Å². The molecule has 1 unspecified atom stereocenters. The molecule has 1 aliphatic carbocycles. The molecule has 2 rings (SSSR count). The highest BCUT2D eigenvalue weighted by molar-refractivity contribution is 5.24. The molecule has 0 N–H and O–H groups in total. The molecule has 0 radical (unpaired) electrons. The molecule has 16 heavy (non-hydrogen) atoms. The maximum atomic E-state index is 5.84. The summed E-state index contributed by atoms with van der Waals surface area (Å²) < 4.78 is 5.84. The van der Waals surface area contributed by atoms with Crippen molar-refractivity contribution in [3.63, 3.8) is 0 Å². The van der Waals surface area contributed by atoms with Crippen molar-refractivity contribution in [1.29, 1.82) is 0 Å². The Morgan fingerprint density at radius 1 is 1.19 bits per heavy atom. The number of para-hydroxylation sites is 1. The van der Waals surface area contributed by atoms with Crippen LogP contribution in [0.5, 0.6) is 5.75 Å². The van der Waals surface area contributed by atoms with Crippen molar-refractivity contribution < 1.29 is 4.74 Å². The van der Waals surface area contributed by atoms with Gasteiger partial charge in [0.25, 0.3) is 0 Å². The smallest absolute Gasteiger partial charge is 0.119 e. The molecule has 84 valence electrons. The van der Waals surface area contributed by atoms with E-state index in [0.717, 1.165) is 12.2 Å². The highest BCUT2D eigenvalue weighted by atomic mass is 16.5. The van der Waals surface area contributed by atoms with Crippen LogP contribution >= 0.6 is 0 Å². The predicted octanol–water partition coefficient (Wildman–Crippen LogP) is 4.12. The molecule has 0 aromatic heterocycles. The molecule has 1 aliphatic rings. The van der Waals surface area contributed by atoms with Gasteiger partial charge in [0.1, 0.15) is 5.75 Å². The van der Waals surface area contributed by atoms with Crippen molar-refractivity contribution in [2.24, 2.45) is 0 Å². The quantitative estimate of drug-likeness (QED) is 0.732. The Balaban J connectivity index is 1.87. The number of rotatable bonds is 4. The second kappa shape index (κ2) is 5.55. The van der Waals surface area contributed by atoms with Gasteiger partial charge in [-0.1, -0.05) is 36.4 Å². The Morgan fingerprint density at radius 2 is 2.00 bits per heavy atom. The average molecular weight is 214 g/mol. The van der Waals surface area contributed by atoms with Crippen LogP contribution in [0.3, 0.4) is 0 Å². The van der Waals surface area contributed by atoms with Crippen molar-refractivity contribution in [3.05, 3.63) is 54.1 Å². The molecular formula is C15H18O. The fourth-order valence-electron chi connectivity index (χ4n) is 1.92. The van der Waals surface area contributed by atoms with E-state index >= 15 is 0 Å². The first-order valence-corrected chi connectivity index (χ1v) is 5.92. The third kappa shape index (κ3) is 3.27. The lowest BCUT2D eigenvalue weighted by Crippen LogP contribution is -2.12. The van der Waals surface area contributed by atoms with Gasteiger partial charge in [0.2, 0.25) is 0 Å². The molecule has 0 bridgehead atoms. The van der Waals surface area contributed by atoms with E-state index in [4.69, 9.17) is 4.74 Å². The summed E-state index contributed by atoms with van der Waals surface area (Å²) >= 11 is 0. The number of ether oxygens (including phenoxy) is 1. The fraction of sp³-hybridized carbons (Fsp3) is 0.333. The van der Waals surface area contributed by atoms with Crippen LogP contribution in [0.25, 0.3) is 0 Å². The van der Waals surface area contributed by atoms with Crippen LogP contribution in [0.4, 0.5) is 0 Å². The topological polar surface area (TPSA) is 9.23 Å². The van der Waals surface area contributed by atoms with E-state index in [1.54, 1.807) is 0 Å². The zero-order chi connectivity index (χ0) is 11.2. The van der Waals surface area contributed by atoms with Gasteiger partial charge in [0.15, 0.2) is 0 Å². The Morgan fingerprint density at radius 3 is 2.69 bits per heavy atom. The summed E-state index contributed by atoms with van der Waals surface area (Å²) in [5.74, 6) is 0.954. The lowest BCUT2D eigenvalue weighted by Gasteiger charge is -2.16. The van der Waals surface area contributed by atoms with E-state index in [-0.39, 0.29) is 6.10 Å². The zero-order valence-corrected chi connectivity index (χ0v) is 9.73. The van der Waals surface area contributed by atoms with Gasteiger partial charge in [-0.15, -0.1) is 0 Å².